The molecule has 4 aliphatic heterocycles. The summed E-state index contributed by atoms with van der Waals surface area (Å²) >= 11 is 0. The lowest BCUT2D eigenvalue weighted by Crippen LogP contribution is -2.65. The Kier molecular flexibility index (Phi) is 18.4. The van der Waals surface area contributed by atoms with Crippen molar-refractivity contribution >= 4 is 23.0 Å². The van der Waals surface area contributed by atoms with Gasteiger partial charge in [0.1, 0.15) is 114 Å². The zero-order valence-electron chi connectivity index (χ0n) is 40.7. The number of rotatable bonds is 17. The second kappa shape index (κ2) is 24.6. The van der Waals surface area contributed by atoms with Crippen molar-refractivity contribution in [2.24, 2.45) is 0 Å². The Morgan fingerprint density at radius 2 is 1.12 bits per heavy atom. The number of aliphatic hydroxyl groups excluding tert-OH is 13. The first-order valence-corrected chi connectivity index (χ1v) is 23.9. The van der Waals surface area contributed by atoms with Crippen LogP contribution in [0.5, 0.6) is 34.5 Å². The maximum atomic E-state index is 14.7. The summed E-state index contributed by atoms with van der Waals surface area (Å²) in [6.07, 6.45) is -35.7. The van der Waals surface area contributed by atoms with Gasteiger partial charge in [0.25, 0.3) is 0 Å². The number of esters is 1. The van der Waals surface area contributed by atoms with Gasteiger partial charge in [-0.1, -0.05) is 6.07 Å². The Hall–Kier alpha value is -5.88. The Balaban J connectivity index is 1.10. The molecule has 4 fully saturated rings. The molecule has 0 spiro atoms. The highest BCUT2D eigenvalue weighted by molar-refractivity contribution is 5.89. The molecule has 428 valence electrons. The third-order valence-electron chi connectivity index (χ3n) is 13.3. The van der Waals surface area contributed by atoms with Gasteiger partial charge in [0, 0.05) is 23.8 Å². The number of benzene rings is 3. The maximum absolute atomic E-state index is 14.7. The van der Waals surface area contributed by atoms with Crippen LogP contribution >= 0.6 is 0 Å². The van der Waals surface area contributed by atoms with Crippen LogP contribution in [0.3, 0.4) is 0 Å². The van der Waals surface area contributed by atoms with Crippen LogP contribution in [-0.4, -0.2) is 244 Å². The van der Waals surface area contributed by atoms with Crippen LogP contribution in [0.25, 0.3) is 28.4 Å². The second-order valence-corrected chi connectivity index (χ2v) is 18.4. The van der Waals surface area contributed by atoms with Crippen LogP contribution in [0.15, 0.2) is 69.9 Å². The predicted molar refractivity (Wildman–Crippen MR) is 253 cm³/mol. The van der Waals surface area contributed by atoms with Crippen molar-refractivity contribution in [2.75, 3.05) is 33.5 Å². The average Bonchev–Trinajstić information content (AvgIpc) is 3.47. The Morgan fingerprint density at radius 1 is 0.564 bits per heavy atom. The van der Waals surface area contributed by atoms with E-state index < -0.39 is 195 Å². The summed E-state index contributed by atoms with van der Waals surface area (Å²) in [5.41, 5.74) is -1.34. The number of aliphatic hydroxyl groups is 13. The molecule has 29 heteroatoms. The quantitative estimate of drug-likeness (QED) is 0.0347. The monoisotopic (exact) mass is 1110 g/mol. The van der Waals surface area contributed by atoms with E-state index in [2.05, 4.69) is 0 Å². The number of hydrogen-bond donors (Lipinski definition) is 16. The van der Waals surface area contributed by atoms with Crippen LogP contribution < -0.4 is 19.6 Å². The van der Waals surface area contributed by atoms with Crippen LogP contribution in [0.4, 0.5) is 0 Å². The molecule has 20 unspecified atom stereocenters. The van der Waals surface area contributed by atoms with Crippen molar-refractivity contribution < 1.29 is 138 Å². The van der Waals surface area contributed by atoms with E-state index in [0.717, 1.165) is 18.2 Å². The van der Waals surface area contributed by atoms with Gasteiger partial charge in [-0.05, 0) is 48.0 Å². The summed E-state index contributed by atoms with van der Waals surface area (Å²) < 4.78 is 62.7. The highest BCUT2D eigenvalue weighted by Gasteiger charge is 2.54. The number of hydrogen-bond acceptors (Lipinski definition) is 29. The first kappa shape index (κ1) is 58.3. The van der Waals surface area contributed by atoms with Crippen molar-refractivity contribution in [1.82, 2.24) is 0 Å². The van der Waals surface area contributed by atoms with Crippen LogP contribution in [0.1, 0.15) is 5.56 Å². The number of fused-ring (bicyclic) bond motifs is 1. The minimum atomic E-state index is -2.16. The van der Waals surface area contributed by atoms with Crippen molar-refractivity contribution in [3.05, 3.63) is 76.5 Å². The molecular weight excluding hydrogens is 1050 g/mol. The molecule has 78 heavy (non-hydrogen) atoms. The van der Waals surface area contributed by atoms with Gasteiger partial charge >= 0.3 is 5.97 Å². The maximum Gasteiger partial charge on any atom is 0.331 e. The average molecular weight is 1110 g/mol. The number of phenols is 3. The molecule has 3 aromatic carbocycles. The van der Waals surface area contributed by atoms with E-state index in [4.69, 9.17) is 51.8 Å². The van der Waals surface area contributed by atoms with E-state index in [9.17, 15) is 91.3 Å². The molecule has 0 bridgehead atoms. The van der Waals surface area contributed by atoms with Gasteiger partial charge in [-0.2, -0.15) is 0 Å². The molecule has 4 aromatic rings. The summed E-state index contributed by atoms with van der Waals surface area (Å²) in [5, 5.41) is 169. The van der Waals surface area contributed by atoms with Crippen LogP contribution in [0, 0.1) is 0 Å². The summed E-state index contributed by atoms with van der Waals surface area (Å²) in [5.74, 6) is -4.19. The molecule has 29 nitrogen and oxygen atoms in total. The Morgan fingerprint density at radius 3 is 1.74 bits per heavy atom. The topological polar surface area (TPSA) is 463 Å². The summed E-state index contributed by atoms with van der Waals surface area (Å²) in [6, 6.07) is 10.8. The van der Waals surface area contributed by atoms with E-state index >= 15 is 0 Å². The minimum absolute atomic E-state index is 0.0186. The van der Waals surface area contributed by atoms with Crippen LogP contribution in [-0.2, 0) is 38.0 Å². The Labute approximate surface area is 439 Å². The normalized spacial score (nSPS) is 35.4. The van der Waals surface area contributed by atoms with E-state index in [1.807, 2.05) is 0 Å². The van der Waals surface area contributed by atoms with Crippen molar-refractivity contribution in [2.45, 2.75) is 123 Å². The molecule has 8 rings (SSSR count). The standard InChI is InChI=1S/C49H58O29/c1-68-23-10-17(2-8-21(23)55)3-9-29(57)75-44-36(63)32(59)26(14-51)72-48(44)78-45-37(64)33(60)27(15-52)73-49(45)77-43-34(61)30-22(56)11-20(12-24(30)70-41(43)18-4-6-19(54)7-5-18)69-46-40(67)38(65)42(28(16-53)74-46)76-47-39(66)35(62)31(58)25(13-50)71-47/h2-12,25-28,31-33,35-40,42,44-56,58-60,62-67H,13-16H2,1H3. The third kappa shape index (κ3) is 11.9. The molecule has 5 heterocycles. The summed E-state index contributed by atoms with van der Waals surface area (Å²) in [4.78, 5) is 27.9. The van der Waals surface area contributed by atoms with Crippen molar-refractivity contribution in [3.63, 3.8) is 0 Å². The Bertz CT molecular complexity index is 2770. The van der Waals surface area contributed by atoms with Gasteiger partial charge in [-0.15, -0.1) is 0 Å². The van der Waals surface area contributed by atoms with Crippen molar-refractivity contribution in [1.29, 1.82) is 0 Å². The largest absolute Gasteiger partial charge is 0.508 e. The lowest BCUT2D eigenvalue weighted by molar-refractivity contribution is -0.358. The molecule has 0 amide bonds. The number of methoxy groups -OCH3 is 1. The first-order valence-electron chi connectivity index (χ1n) is 23.9. The molecule has 1 aromatic heterocycles. The van der Waals surface area contributed by atoms with Crippen molar-refractivity contribution in [3.8, 4) is 45.8 Å². The summed E-state index contributed by atoms with van der Waals surface area (Å²) in [7, 11) is 1.30. The van der Waals surface area contributed by atoms with Gasteiger partial charge in [0.2, 0.25) is 23.8 Å². The van der Waals surface area contributed by atoms with E-state index in [0.29, 0.717) is 5.56 Å². The zero-order chi connectivity index (χ0) is 56.4. The number of carbonyl (C=O) groups excluding carboxylic acids is 1. The fourth-order valence-corrected chi connectivity index (χ4v) is 9.02. The summed E-state index contributed by atoms with van der Waals surface area (Å²) in [6.45, 7) is -3.68. The third-order valence-corrected chi connectivity index (χ3v) is 13.3. The predicted octanol–water partition coefficient (Wildman–Crippen LogP) is -5.14. The minimum Gasteiger partial charge on any atom is -0.508 e. The number of ether oxygens (including phenoxy) is 10. The molecular formula is C49H58O29. The van der Waals surface area contributed by atoms with E-state index in [1.165, 1.54) is 55.7 Å². The fourth-order valence-electron chi connectivity index (χ4n) is 9.02. The molecule has 4 aliphatic rings. The fraction of sp³-hybridized carbons (Fsp3) is 0.510. The van der Waals surface area contributed by atoms with Gasteiger partial charge in [-0.25, -0.2) is 4.79 Å². The molecule has 0 saturated carbocycles. The highest BCUT2D eigenvalue weighted by Crippen LogP contribution is 2.40. The second-order valence-electron chi connectivity index (χ2n) is 18.4. The number of aromatic hydroxyl groups is 3. The smallest absolute Gasteiger partial charge is 0.331 e. The van der Waals surface area contributed by atoms with E-state index in [1.54, 1.807) is 0 Å². The zero-order valence-corrected chi connectivity index (χ0v) is 40.7. The molecule has 16 N–H and O–H groups in total. The van der Waals surface area contributed by atoms with Gasteiger partial charge in [0.15, 0.2) is 42.0 Å². The molecule has 20 atom stereocenters. The first-order chi connectivity index (χ1) is 37.2. The lowest BCUT2D eigenvalue weighted by Gasteiger charge is -2.46. The lowest BCUT2D eigenvalue weighted by atomic mass is 9.97. The van der Waals surface area contributed by atoms with Gasteiger partial charge in [-0.3, -0.25) is 4.79 Å². The molecule has 0 radical (unpaired) electrons. The van der Waals surface area contributed by atoms with Crippen LogP contribution in [0.2, 0.25) is 0 Å². The number of carbonyl (C=O) groups is 1. The number of phenolic OH excluding ortho intramolecular Hbond substituents is 3. The molecule has 0 aliphatic carbocycles. The van der Waals surface area contributed by atoms with E-state index in [-0.39, 0.29) is 22.8 Å². The van der Waals surface area contributed by atoms with Gasteiger partial charge < -0.3 is 133 Å². The SMILES string of the molecule is COc1cc(C=CC(=O)OC2C(OC3C(Oc4c(-c5ccc(O)cc5)oc5cc(OC6OC(CO)C(OC7OC(CO)C(O)C(O)C7O)C(O)C6O)cc(O)c5c4=O)OC(CO)C(O)C3O)OC(CO)C(O)C2O)ccc1O. The van der Waals surface area contributed by atoms with Gasteiger partial charge in [0.05, 0.1) is 33.5 Å². The highest BCUT2D eigenvalue weighted by atomic mass is 16.8. The molecule has 4 saturated heterocycles.